The van der Waals surface area contributed by atoms with Crippen LogP contribution in [0.3, 0.4) is 0 Å². The van der Waals surface area contributed by atoms with Crippen molar-refractivity contribution in [2.24, 2.45) is 0 Å². The Morgan fingerprint density at radius 2 is 2.19 bits per heavy atom. The zero-order valence-corrected chi connectivity index (χ0v) is 8.46. The molecule has 1 rings (SSSR count). The Hall–Kier alpha value is -1.95. The topological polar surface area (TPSA) is 99.5 Å². The second-order valence-electron chi connectivity index (χ2n) is 3.16. The van der Waals surface area contributed by atoms with Crippen molar-refractivity contribution in [1.82, 2.24) is 10.3 Å². The summed E-state index contributed by atoms with van der Waals surface area (Å²) in [6.07, 6.45) is 0.0507. The van der Waals surface area contributed by atoms with Crippen LogP contribution in [0.15, 0.2) is 24.4 Å². The SMILES string of the molecule is O=C(Cc1ccccn1)NCC(O)C(=O)O. The molecule has 6 heteroatoms. The Morgan fingerprint density at radius 1 is 1.44 bits per heavy atom. The van der Waals surface area contributed by atoms with Gasteiger partial charge in [0.25, 0.3) is 0 Å². The normalized spacial score (nSPS) is 11.8. The summed E-state index contributed by atoms with van der Waals surface area (Å²) in [6.45, 7) is -0.305. The minimum absolute atomic E-state index is 0.0627. The molecule has 3 N–H and O–H groups in total. The number of aliphatic hydroxyl groups is 1. The lowest BCUT2D eigenvalue weighted by Crippen LogP contribution is -2.37. The molecule has 0 spiro atoms. The molecule has 0 saturated carbocycles. The van der Waals surface area contributed by atoms with Crippen LogP contribution in [0, 0.1) is 0 Å². The maximum Gasteiger partial charge on any atom is 0.334 e. The van der Waals surface area contributed by atoms with E-state index in [4.69, 9.17) is 10.2 Å². The van der Waals surface area contributed by atoms with Crippen molar-refractivity contribution in [2.45, 2.75) is 12.5 Å². The van der Waals surface area contributed by atoms with Crippen molar-refractivity contribution in [3.63, 3.8) is 0 Å². The van der Waals surface area contributed by atoms with Crippen molar-refractivity contribution in [2.75, 3.05) is 6.54 Å². The molecule has 0 aromatic carbocycles. The summed E-state index contributed by atoms with van der Waals surface area (Å²) in [4.78, 5) is 25.5. The van der Waals surface area contributed by atoms with Crippen LogP contribution in [-0.2, 0) is 16.0 Å². The van der Waals surface area contributed by atoms with E-state index in [1.54, 1.807) is 24.4 Å². The summed E-state index contributed by atoms with van der Waals surface area (Å²) in [5.74, 6) is -1.74. The predicted octanol–water partition coefficient (Wildman–Crippen LogP) is -0.814. The smallest absolute Gasteiger partial charge is 0.334 e. The molecule has 1 aromatic rings. The van der Waals surface area contributed by atoms with Crippen LogP contribution in [0.2, 0.25) is 0 Å². The molecule has 86 valence electrons. The summed E-state index contributed by atoms with van der Waals surface area (Å²) in [7, 11) is 0. The fraction of sp³-hybridized carbons (Fsp3) is 0.300. The Labute approximate surface area is 91.9 Å². The average molecular weight is 224 g/mol. The first-order valence-corrected chi connectivity index (χ1v) is 4.67. The molecule has 0 aliphatic rings. The lowest BCUT2D eigenvalue weighted by molar-refractivity contribution is -0.146. The van der Waals surface area contributed by atoms with Gasteiger partial charge in [-0.1, -0.05) is 6.07 Å². The van der Waals surface area contributed by atoms with Crippen molar-refractivity contribution < 1.29 is 19.8 Å². The molecule has 6 nitrogen and oxygen atoms in total. The fourth-order valence-corrected chi connectivity index (χ4v) is 1.03. The lowest BCUT2D eigenvalue weighted by Gasteiger charge is -2.07. The van der Waals surface area contributed by atoms with Gasteiger partial charge >= 0.3 is 5.97 Å². The highest BCUT2D eigenvalue weighted by atomic mass is 16.4. The molecule has 1 atom stereocenters. The van der Waals surface area contributed by atoms with E-state index in [1.165, 1.54) is 0 Å². The number of nitrogens with zero attached hydrogens (tertiary/aromatic N) is 1. The number of rotatable bonds is 5. The Balaban J connectivity index is 2.35. The summed E-state index contributed by atoms with van der Waals surface area (Å²) in [5, 5.41) is 19.6. The van der Waals surface area contributed by atoms with Crippen LogP contribution < -0.4 is 5.32 Å². The molecule has 1 heterocycles. The number of amides is 1. The first kappa shape index (κ1) is 12.1. The lowest BCUT2D eigenvalue weighted by atomic mass is 10.2. The van der Waals surface area contributed by atoms with E-state index in [2.05, 4.69) is 10.3 Å². The second-order valence-corrected chi connectivity index (χ2v) is 3.16. The number of carbonyl (C=O) groups is 2. The van der Waals surface area contributed by atoms with Gasteiger partial charge in [-0.15, -0.1) is 0 Å². The molecule has 16 heavy (non-hydrogen) atoms. The number of hydrogen-bond donors (Lipinski definition) is 3. The third-order valence-electron chi connectivity index (χ3n) is 1.85. The van der Waals surface area contributed by atoms with Crippen molar-refractivity contribution in [1.29, 1.82) is 0 Å². The van der Waals surface area contributed by atoms with Gasteiger partial charge in [-0.25, -0.2) is 4.79 Å². The number of aromatic nitrogens is 1. The zero-order valence-electron chi connectivity index (χ0n) is 8.46. The van der Waals surface area contributed by atoms with Crippen molar-refractivity contribution in [3.05, 3.63) is 30.1 Å². The highest BCUT2D eigenvalue weighted by Crippen LogP contribution is 1.94. The quantitative estimate of drug-likeness (QED) is 0.607. The van der Waals surface area contributed by atoms with Crippen LogP contribution >= 0.6 is 0 Å². The molecule has 1 unspecified atom stereocenters. The first-order valence-electron chi connectivity index (χ1n) is 4.67. The largest absolute Gasteiger partial charge is 0.479 e. The molecule has 0 aliphatic heterocycles. The summed E-state index contributed by atoms with van der Waals surface area (Å²) in [6, 6.07) is 5.17. The monoisotopic (exact) mass is 224 g/mol. The van der Waals surface area contributed by atoms with Crippen LogP contribution in [0.5, 0.6) is 0 Å². The number of aliphatic carboxylic acids is 1. The highest BCUT2D eigenvalue weighted by Gasteiger charge is 2.14. The molecule has 0 saturated heterocycles. The highest BCUT2D eigenvalue weighted by molar-refractivity contribution is 5.79. The maximum atomic E-state index is 11.3. The van der Waals surface area contributed by atoms with E-state index in [-0.39, 0.29) is 18.9 Å². The second kappa shape index (κ2) is 5.82. The van der Waals surface area contributed by atoms with Gasteiger partial charge in [0.15, 0.2) is 6.10 Å². The van der Waals surface area contributed by atoms with E-state index in [1.807, 2.05) is 0 Å². The van der Waals surface area contributed by atoms with E-state index >= 15 is 0 Å². The minimum atomic E-state index is -1.58. The van der Waals surface area contributed by atoms with E-state index in [9.17, 15) is 9.59 Å². The maximum absolute atomic E-state index is 11.3. The number of aliphatic hydroxyl groups excluding tert-OH is 1. The van der Waals surface area contributed by atoms with Gasteiger partial charge in [0, 0.05) is 11.9 Å². The van der Waals surface area contributed by atoms with Crippen LogP contribution in [-0.4, -0.2) is 39.7 Å². The third kappa shape index (κ3) is 4.05. The number of pyridine rings is 1. The van der Waals surface area contributed by atoms with Crippen LogP contribution in [0.4, 0.5) is 0 Å². The Bertz CT molecular complexity index is 366. The standard InChI is InChI=1S/C10H12N2O4/c13-8(10(15)16)6-12-9(14)5-7-3-1-2-4-11-7/h1-4,8,13H,5-6H2,(H,12,14)(H,15,16). The third-order valence-corrected chi connectivity index (χ3v) is 1.85. The first-order chi connectivity index (χ1) is 7.59. The van der Waals surface area contributed by atoms with Gasteiger partial charge in [-0.2, -0.15) is 0 Å². The molecule has 0 bridgehead atoms. The molecule has 0 fully saturated rings. The zero-order chi connectivity index (χ0) is 12.0. The van der Waals surface area contributed by atoms with E-state index < -0.39 is 12.1 Å². The molecule has 1 amide bonds. The number of hydrogen-bond acceptors (Lipinski definition) is 4. The Kier molecular flexibility index (Phi) is 4.41. The molecular weight excluding hydrogens is 212 g/mol. The molecule has 0 aliphatic carbocycles. The van der Waals surface area contributed by atoms with Gasteiger partial charge in [0.2, 0.25) is 5.91 Å². The van der Waals surface area contributed by atoms with Gasteiger partial charge in [0.05, 0.1) is 13.0 Å². The average Bonchev–Trinajstić information content (AvgIpc) is 2.27. The van der Waals surface area contributed by atoms with Gasteiger partial charge in [0.1, 0.15) is 0 Å². The van der Waals surface area contributed by atoms with E-state index in [0.29, 0.717) is 5.69 Å². The Morgan fingerprint density at radius 3 is 2.75 bits per heavy atom. The predicted molar refractivity (Wildman–Crippen MR) is 54.6 cm³/mol. The van der Waals surface area contributed by atoms with Gasteiger partial charge in [-0.05, 0) is 12.1 Å². The number of carboxylic acid groups (broad SMARTS) is 1. The minimum Gasteiger partial charge on any atom is -0.479 e. The van der Waals surface area contributed by atoms with E-state index in [0.717, 1.165) is 0 Å². The fourth-order valence-electron chi connectivity index (χ4n) is 1.03. The molecular formula is C10H12N2O4. The number of carbonyl (C=O) groups excluding carboxylic acids is 1. The number of nitrogens with one attached hydrogen (secondary N) is 1. The molecule has 0 radical (unpaired) electrons. The summed E-state index contributed by atoms with van der Waals surface area (Å²) < 4.78 is 0. The van der Waals surface area contributed by atoms with Gasteiger partial charge < -0.3 is 15.5 Å². The van der Waals surface area contributed by atoms with Crippen LogP contribution in [0.1, 0.15) is 5.69 Å². The van der Waals surface area contributed by atoms with Crippen molar-refractivity contribution in [3.8, 4) is 0 Å². The van der Waals surface area contributed by atoms with Crippen molar-refractivity contribution >= 4 is 11.9 Å². The summed E-state index contributed by atoms with van der Waals surface area (Å²) in [5.41, 5.74) is 0.588. The summed E-state index contributed by atoms with van der Waals surface area (Å²) >= 11 is 0. The molecule has 1 aromatic heterocycles. The number of carboxylic acids is 1. The van der Waals surface area contributed by atoms with Gasteiger partial charge in [-0.3, -0.25) is 9.78 Å². The van der Waals surface area contributed by atoms with Crippen LogP contribution in [0.25, 0.3) is 0 Å².